The zero-order valence-electron chi connectivity index (χ0n) is 14.3. The van der Waals surface area contributed by atoms with E-state index in [2.05, 4.69) is 0 Å². The van der Waals surface area contributed by atoms with Gasteiger partial charge in [-0.2, -0.15) is 9.57 Å². The van der Waals surface area contributed by atoms with E-state index in [-0.39, 0.29) is 18.0 Å². The molecular weight excluding hydrogens is 371 g/mol. The Labute approximate surface area is 156 Å². The number of piperidine rings is 1. The molecule has 8 heteroatoms. The second-order valence-corrected chi connectivity index (χ2v) is 8.13. The molecule has 0 unspecified atom stereocenters. The molecule has 1 aliphatic rings. The van der Waals surface area contributed by atoms with Crippen molar-refractivity contribution in [2.24, 2.45) is 5.92 Å². The average Bonchev–Trinajstić information content (AvgIpc) is 2.69. The van der Waals surface area contributed by atoms with E-state index < -0.39 is 27.7 Å². The van der Waals surface area contributed by atoms with Gasteiger partial charge in [-0.25, -0.2) is 12.8 Å². The first-order valence-corrected chi connectivity index (χ1v) is 9.82. The van der Waals surface area contributed by atoms with Gasteiger partial charge in [-0.3, -0.25) is 4.79 Å². The van der Waals surface area contributed by atoms with Crippen LogP contribution >= 0.6 is 0 Å². The molecule has 0 bridgehead atoms. The van der Waals surface area contributed by atoms with E-state index in [9.17, 15) is 17.6 Å². The van der Waals surface area contributed by atoms with Gasteiger partial charge in [0.25, 0.3) is 0 Å². The highest BCUT2D eigenvalue weighted by Gasteiger charge is 2.33. The van der Waals surface area contributed by atoms with Crippen LogP contribution in [-0.2, 0) is 14.8 Å². The second kappa shape index (κ2) is 7.86. The summed E-state index contributed by atoms with van der Waals surface area (Å²) in [5.41, 5.74) is 0.467. The van der Waals surface area contributed by atoms with Crippen molar-refractivity contribution in [2.45, 2.75) is 17.7 Å². The summed E-state index contributed by atoms with van der Waals surface area (Å²) < 4.78 is 44.8. The molecular formula is C19H17FN2O4S. The minimum Gasteiger partial charge on any atom is -0.426 e. The Morgan fingerprint density at radius 2 is 1.67 bits per heavy atom. The molecule has 0 amide bonds. The van der Waals surface area contributed by atoms with E-state index in [1.54, 1.807) is 24.3 Å². The van der Waals surface area contributed by atoms with Crippen molar-refractivity contribution in [3.8, 4) is 11.8 Å². The Balaban J connectivity index is 1.60. The Morgan fingerprint density at radius 1 is 1.07 bits per heavy atom. The van der Waals surface area contributed by atoms with E-state index in [0.29, 0.717) is 24.2 Å². The lowest BCUT2D eigenvalue weighted by Crippen LogP contribution is -2.41. The number of hydrogen-bond donors (Lipinski definition) is 0. The van der Waals surface area contributed by atoms with Crippen molar-refractivity contribution < 1.29 is 22.3 Å². The first-order valence-electron chi connectivity index (χ1n) is 8.38. The molecule has 0 atom stereocenters. The van der Waals surface area contributed by atoms with E-state index in [0.717, 1.165) is 12.1 Å². The van der Waals surface area contributed by atoms with Crippen molar-refractivity contribution in [1.29, 1.82) is 5.26 Å². The standard InChI is InChI=1S/C19H17FN2O4S/c20-16-3-7-18(8-4-16)27(24,25)22-11-9-15(10-12-22)19(23)26-17-5-1-14(13-21)2-6-17/h1-8,15H,9-12H2. The molecule has 1 aliphatic heterocycles. The number of sulfonamides is 1. The summed E-state index contributed by atoms with van der Waals surface area (Å²) in [5, 5.41) is 8.77. The monoisotopic (exact) mass is 388 g/mol. The van der Waals surface area contributed by atoms with E-state index >= 15 is 0 Å². The van der Waals surface area contributed by atoms with Crippen molar-refractivity contribution in [1.82, 2.24) is 4.31 Å². The van der Waals surface area contributed by atoms with Crippen molar-refractivity contribution in [3.05, 3.63) is 59.9 Å². The fraction of sp³-hybridized carbons (Fsp3) is 0.263. The number of nitriles is 1. The topological polar surface area (TPSA) is 87.5 Å². The number of carbonyl (C=O) groups excluding carboxylic acids is 1. The van der Waals surface area contributed by atoms with Crippen LogP contribution in [0, 0.1) is 23.1 Å². The summed E-state index contributed by atoms with van der Waals surface area (Å²) in [6.07, 6.45) is 0.686. The van der Waals surface area contributed by atoms with Crippen LogP contribution in [0.25, 0.3) is 0 Å². The lowest BCUT2D eigenvalue weighted by molar-refractivity contribution is -0.140. The Morgan fingerprint density at radius 3 is 2.22 bits per heavy atom. The summed E-state index contributed by atoms with van der Waals surface area (Å²) in [7, 11) is -3.71. The van der Waals surface area contributed by atoms with Crippen LogP contribution in [0.2, 0.25) is 0 Å². The van der Waals surface area contributed by atoms with Gasteiger partial charge in [-0.1, -0.05) is 0 Å². The van der Waals surface area contributed by atoms with Gasteiger partial charge in [-0.05, 0) is 61.4 Å². The maximum Gasteiger partial charge on any atom is 0.314 e. The van der Waals surface area contributed by atoms with Crippen molar-refractivity contribution in [2.75, 3.05) is 13.1 Å². The predicted octanol–water partition coefficient (Wildman–Crippen LogP) is 2.70. The van der Waals surface area contributed by atoms with Crippen LogP contribution in [0.5, 0.6) is 5.75 Å². The van der Waals surface area contributed by atoms with Crippen LogP contribution in [0.1, 0.15) is 18.4 Å². The van der Waals surface area contributed by atoms with Crippen LogP contribution in [0.15, 0.2) is 53.4 Å². The minimum absolute atomic E-state index is 0.0301. The number of benzene rings is 2. The summed E-state index contributed by atoms with van der Waals surface area (Å²) >= 11 is 0. The summed E-state index contributed by atoms with van der Waals surface area (Å²) in [4.78, 5) is 12.3. The molecule has 0 aromatic heterocycles. The molecule has 3 rings (SSSR count). The predicted molar refractivity (Wildman–Crippen MR) is 94.7 cm³/mol. The third kappa shape index (κ3) is 4.32. The summed E-state index contributed by atoms with van der Waals surface area (Å²) in [6, 6.07) is 12.9. The number of nitrogens with zero attached hydrogens (tertiary/aromatic N) is 2. The molecule has 2 aromatic carbocycles. The Bertz CT molecular complexity index is 958. The summed E-state index contributed by atoms with van der Waals surface area (Å²) in [5.74, 6) is -0.975. The van der Waals surface area contributed by atoms with Gasteiger partial charge in [-0.15, -0.1) is 0 Å². The molecule has 0 N–H and O–H groups in total. The number of carbonyl (C=O) groups is 1. The zero-order chi connectivity index (χ0) is 19.4. The molecule has 0 aliphatic carbocycles. The number of esters is 1. The SMILES string of the molecule is N#Cc1ccc(OC(=O)C2CCN(S(=O)(=O)c3ccc(F)cc3)CC2)cc1. The first-order chi connectivity index (χ1) is 12.9. The number of rotatable bonds is 4. The van der Waals surface area contributed by atoms with E-state index in [4.69, 9.17) is 10.00 Å². The molecule has 6 nitrogen and oxygen atoms in total. The fourth-order valence-corrected chi connectivity index (χ4v) is 4.35. The van der Waals surface area contributed by atoms with Gasteiger partial charge < -0.3 is 4.74 Å². The zero-order valence-corrected chi connectivity index (χ0v) is 15.2. The third-order valence-electron chi connectivity index (χ3n) is 4.44. The van der Waals surface area contributed by atoms with Gasteiger partial charge in [0.05, 0.1) is 22.4 Å². The molecule has 0 saturated carbocycles. The minimum atomic E-state index is -3.71. The largest absolute Gasteiger partial charge is 0.426 e. The quantitative estimate of drug-likeness (QED) is 0.594. The van der Waals surface area contributed by atoms with Crippen LogP contribution in [0.4, 0.5) is 4.39 Å². The molecule has 1 saturated heterocycles. The molecule has 0 radical (unpaired) electrons. The van der Waals surface area contributed by atoms with Crippen LogP contribution in [0.3, 0.4) is 0 Å². The highest BCUT2D eigenvalue weighted by Crippen LogP contribution is 2.25. The smallest absolute Gasteiger partial charge is 0.314 e. The number of halogens is 1. The maximum absolute atomic E-state index is 13.0. The van der Waals surface area contributed by atoms with Gasteiger partial charge >= 0.3 is 5.97 Å². The average molecular weight is 388 g/mol. The van der Waals surface area contributed by atoms with Gasteiger partial charge in [0, 0.05) is 13.1 Å². The molecule has 27 heavy (non-hydrogen) atoms. The molecule has 0 spiro atoms. The van der Waals surface area contributed by atoms with Crippen molar-refractivity contribution in [3.63, 3.8) is 0 Å². The van der Waals surface area contributed by atoms with E-state index in [1.807, 2.05) is 6.07 Å². The van der Waals surface area contributed by atoms with E-state index in [1.165, 1.54) is 16.4 Å². The molecule has 2 aromatic rings. The number of hydrogen-bond acceptors (Lipinski definition) is 5. The molecule has 1 fully saturated rings. The molecule has 1 heterocycles. The normalized spacial score (nSPS) is 15.9. The van der Waals surface area contributed by atoms with Crippen LogP contribution < -0.4 is 4.74 Å². The maximum atomic E-state index is 13.0. The highest BCUT2D eigenvalue weighted by molar-refractivity contribution is 7.89. The van der Waals surface area contributed by atoms with Gasteiger partial charge in [0.1, 0.15) is 11.6 Å². The number of ether oxygens (including phenoxy) is 1. The first kappa shape index (κ1) is 19.0. The van der Waals surface area contributed by atoms with Gasteiger partial charge in [0.2, 0.25) is 10.0 Å². The summed E-state index contributed by atoms with van der Waals surface area (Å²) in [6.45, 7) is 0.375. The second-order valence-electron chi connectivity index (χ2n) is 6.19. The lowest BCUT2D eigenvalue weighted by atomic mass is 9.98. The Kier molecular flexibility index (Phi) is 5.54. The fourth-order valence-electron chi connectivity index (χ4n) is 2.88. The lowest BCUT2D eigenvalue weighted by Gasteiger charge is -2.30. The third-order valence-corrected chi connectivity index (χ3v) is 6.35. The van der Waals surface area contributed by atoms with Crippen molar-refractivity contribution >= 4 is 16.0 Å². The van der Waals surface area contributed by atoms with Gasteiger partial charge in [0.15, 0.2) is 0 Å². The van der Waals surface area contributed by atoms with Crippen LogP contribution in [-0.4, -0.2) is 31.8 Å². The Hall–Kier alpha value is -2.76. The molecule has 140 valence electrons. The highest BCUT2D eigenvalue weighted by atomic mass is 32.2.